The number of carbonyl (C=O) groups excluding carboxylic acids is 1. The first-order chi connectivity index (χ1) is 8.95. The van der Waals surface area contributed by atoms with Gasteiger partial charge in [0.25, 0.3) is 0 Å². The number of esters is 1. The molecular formula is C15H16O4. The van der Waals surface area contributed by atoms with Crippen LogP contribution in [0.4, 0.5) is 0 Å². The third-order valence-electron chi connectivity index (χ3n) is 3.05. The van der Waals surface area contributed by atoms with Crippen molar-refractivity contribution in [2.45, 2.75) is 19.4 Å². The van der Waals surface area contributed by atoms with Gasteiger partial charge in [0.1, 0.15) is 11.4 Å². The topological polar surface area (TPSA) is 59.7 Å². The zero-order chi connectivity index (χ0) is 14.0. The molecule has 1 aromatic carbocycles. The zero-order valence-corrected chi connectivity index (χ0v) is 11.1. The lowest BCUT2D eigenvalue weighted by atomic mass is 9.92. The van der Waals surface area contributed by atoms with Gasteiger partial charge in [-0.05, 0) is 31.5 Å². The second-order valence-electron chi connectivity index (χ2n) is 4.60. The molecule has 0 amide bonds. The average molecular weight is 260 g/mol. The molecule has 0 fully saturated rings. The van der Waals surface area contributed by atoms with Crippen molar-refractivity contribution in [2.75, 3.05) is 7.11 Å². The van der Waals surface area contributed by atoms with E-state index in [0.29, 0.717) is 11.3 Å². The van der Waals surface area contributed by atoms with Gasteiger partial charge < -0.3 is 14.3 Å². The molecule has 1 atom stereocenters. The third-order valence-corrected chi connectivity index (χ3v) is 3.05. The van der Waals surface area contributed by atoms with E-state index in [1.807, 2.05) is 31.2 Å². The summed E-state index contributed by atoms with van der Waals surface area (Å²) in [6, 6.07) is 10.6. The summed E-state index contributed by atoms with van der Waals surface area (Å²) < 4.78 is 9.94. The van der Waals surface area contributed by atoms with Crippen molar-refractivity contribution in [1.82, 2.24) is 0 Å². The highest BCUT2D eigenvalue weighted by molar-refractivity contribution is 5.86. The summed E-state index contributed by atoms with van der Waals surface area (Å²) in [6.45, 7) is 3.57. The van der Waals surface area contributed by atoms with Crippen molar-refractivity contribution < 1.29 is 19.1 Å². The molecule has 0 aliphatic carbocycles. The van der Waals surface area contributed by atoms with Gasteiger partial charge in [0, 0.05) is 0 Å². The second-order valence-corrected chi connectivity index (χ2v) is 4.60. The number of hydrogen-bond donors (Lipinski definition) is 1. The molecule has 0 aliphatic rings. The Labute approximate surface area is 111 Å². The molecule has 0 radical (unpaired) electrons. The van der Waals surface area contributed by atoms with Crippen molar-refractivity contribution in [3.63, 3.8) is 0 Å². The first-order valence-corrected chi connectivity index (χ1v) is 5.93. The Morgan fingerprint density at radius 1 is 1.32 bits per heavy atom. The third kappa shape index (κ3) is 2.53. The van der Waals surface area contributed by atoms with E-state index < -0.39 is 11.6 Å². The fraction of sp³-hybridized carbons (Fsp3) is 0.267. The molecule has 1 unspecified atom stereocenters. The van der Waals surface area contributed by atoms with Gasteiger partial charge in [0.05, 0.1) is 7.11 Å². The predicted octanol–water partition coefficient (Wildman–Crippen LogP) is 2.63. The lowest BCUT2D eigenvalue weighted by Crippen LogP contribution is -2.22. The van der Waals surface area contributed by atoms with Crippen molar-refractivity contribution in [3.05, 3.63) is 59.0 Å². The van der Waals surface area contributed by atoms with Gasteiger partial charge in [-0.3, -0.25) is 0 Å². The van der Waals surface area contributed by atoms with Crippen molar-refractivity contribution in [3.8, 4) is 0 Å². The van der Waals surface area contributed by atoms with E-state index in [0.717, 1.165) is 5.56 Å². The van der Waals surface area contributed by atoms with E-state index in [1.54, 1.807) is 13.0 Å². The molecule has 100 valence electrons. The zero-order valence-electron chi connectivity index (χ0n) is 11.1. The van der Waals surface area contributed by atoms with E-state index in [2.05, 4.69) is 4.74 Å². The van der Waals surface area contributed by atoms with Crippen LogP contribution in [0.2, 0.25) is 0 Å². The summed E-state index contributed by atoms with van der Waals surface area (Å²) in [4.78, 5) is 11.3. The fourth-order valence-electron chi connectivity index (χ4n) is 1.90. The molecule has 19 heavy (non-hydrogen) atoms. The molecule has 2 rings (SSSR count). The van der Waals surface area contributed by atoms with Crippen LogP contribution in [0.1, 0.15) is 34.4 Å². The minimum Gasteiger partial charge on any atom is -0.463 e. The predicted molar refractivity (Wildman–Crippen MR) is 69.9 cm³/mol. The summed E-state index contributed by atoms with van der Waals surface area (Å²) in [5.74, 6) is -0.185. The standard InChI is InChI=1S/C15H16O4/c1-10-5-4-6-11(9-10)15(2,17)13-8-7-12(19-13)14(16)18-3/h4-9,17H,1-3H3. The van der Waals surface area contributed by atoms with Crippen LogP contribution in [0.5, 0.6) is 0 Å². The second kappa shape index (κ2) is 4.90. The maximum atomic E-state index is 11.3. The number of rotatable bonds is 3. The van der Waals surface area contributed by atoms with Crippen LogP contribution in [0.15, 0.2) is 40.8 Å². The number of hydrogen-bond acceptors (Lipinski definition) is 4. The van der Waals surface area contributed by atoms with Crippen LogP contribution in [0.25, 0.3) is 0 Å². The quantitative estimate of drug-likeness (QED) is 0.862. The van der Waals surface area contributed by atoms with E-state index in [-0.39, 0.29) is 5.76 Å². The number of carbonyl (C=O) groups is 1. The molecule has 1 N–H and O–H groups in total. The summed E-state index contributed by atoms with van der Waals surface area (Å²) in [5, 5.41) is 10.6. The molecule has 0 aliphatic heterocycles. The van der Waals surface area contributed by atoms with Crippen LogP contribution in [0, 0.1) is 6.92 Å². The highest BCUT2D eigenvalue weighted by Gasteiger charge is 2.30. The van der Waals surface area contributed by atoms with Gasteiger partial charge in [-0.1, -0.05) is 29.8 Å². The van der Waals surface area contributed by atoms with Gasteiger partial charge in [-0.15, -0.1) is 0 Å². The molecule has 2 aromatic rings. The molecular weight excluding hydrogens is 244 g/mol. The maximum Gasteiger partial charge on any atom is 0.373 e. The first-order valence-electron chi connectivity index (χ1n) is 5.93. The molecule has 0 saturated heterocycles. The minimum absolute atomic E-state index is 0.0745. The van der Waals surface area contributed by atoms with Crippen molar-refractivity contribution in [2.24, 2.45) is 0 Å². The van der Waals surface area contributed by atoms with Crippen molar-refractivity contribution >= 4 is 5.97 Å². The Morgan fingerprint density at radius 3 is 2.68 bits per heavy atom. The molecule has 4 heteroatoms. The van der Waals surface area contributed by atoms with Crippen LogP contribution >= 0.6 is 0 Å². The Morgan fingerprint density at radius 2 is 2.05 bits per heavy atom. The monoisotopic (exact) mass is 260 g/mol. The molecule has 0 spiro atoms. The Balaban J connectivity index is 2.39. The number of ether oxygens (including phenoxy) is 1. The minimum atomic E-state index is -1.29. The van der Waals surface area contributed by atoms with Crippen LogP contribution in [-0.4, -0.2) is 18.2 Å². The summed E-state index contributed by atoms with van der Waals surface area (Å²) in [5.41, 5.74) is 0.453. The first kappa shape index (κ1) is 13.4. The number of methoxy groups -OCH3 is 1. The van der Waals surface area contributed by atoms with Gasteiger partial charge >= 0.3 is 5.97 Å². The van der Waals surface area contributed by atoms with Crippen LogP contribution in [-0.2, 0) is 10.3 Å². The van der Waals surface area contributed by atoms with Crippen molar-refractivity contribution in [1.29, 1.82) is 0 Å². The van der Waals surface area contributed by atoms with E-state index >= 15 is 0 Å². The van der Waals surface area contributed by atoms with Crippen LogP contribution < -0.4 is 0 Å². The van der Waals surface area contributed by atoms with E-state index in [1.165, 1.54) is 13.2 Å². The number of aryl methyl sites for hydroxylation is 1. The van der Waals surface area contributed by atoms with E-state index in [9.17, 15) is 9.90 Å². The summed E-state index contributed by atoms with van der Waals surface area (Å²) >= 11 is 0. The molecule has 4 nitrogen and oxygen atoms in total. The summed E-state index contributed by atoms with van der Waals surface area (Å²) in [7, 11) is 1.28. The Hall–Kier alpha value is -2.07. The molecule has 0 saturated carbocycles. The smallest absolute Gasteiger partial charge is 0.373 e. The van der Waals surface area contributed by atoms with Crippen LogP contribution in [0.3, 0.4) is 0 Å². The highest BCUT2D eigenvalue weighted by atomic mass is 16.5. The SMILES string of the molecule is COC(=O)c1ccc(C(C)(O)c2cccc(C)c2)o1. The Bertz CT molecular complexity index is 596. The lowest BCUT2D eigenvalue weighted by molar-refractivity contribution is 0.0522. The lowest BCUT2D eigenvalue weighted by Gasteiger charge is -2.21. The number of benzene rings is 1. The largest absolute Gasteiger partial charge is 0.463 e. The average Bonchev–Trinajstić information content (AvgIpc) is 2.88. The molecule has 0 bridgehead atoms. The number of furan rings is 1. The van der Waals surface area contributed by atoms with Gasteiger partial charge in [0.15, 0.2) is 0 Å². The Kier molecular flexibility index (Phi) is 3.44. The van der Waals surface area contributed by atoms with Gasteiger partial charge in [-0.25, -0.2) is 4.79 Å². The molecule has 1 heterocycles. The maximum absolute atomic E-state index is 11.3. The fourth-order valence-corrected chi connectivity index (χ4v) is 1.90. The summed E-state index contributed by atoms with van der Waals surface area (Å²) in [6.07, 6.45) is 0. The normalized spacial score (nSPS) is 13.9. The van der Waals surface area contributed by atoms with Gasteiger partial charge in [0.2, 0.25) is 5.76 Å². The number of aliphatic hydroxyl groups is 1. The van der Waals surface area contributed by atoms with E-state index in [4.69, 9.17) is 4.42 Å². The van der Waals surface area contributed by atoms with Gasteiger partial charge in [-0.2, -0.15) is 0 Å². The highest BCUT2D eigenvalue weighted by Crippen LogP contribution is 2.31. The molecule has 1 aromatic heterocycles.